The summed E-state index contributed by atoms with van der Waals surface area (Å²) in [6.45, 7) is 12.4. The number of nitrogens with zero attached hydrogens (tertiary/aromatic N) is 1. The van der Waals surface area contributed by atoms with Gasteiger partial charge < -0.3 is 5.11 Å². The summed E-state index contributed by atoms with van der Waals surface area (Å²) in [5.41, 5.74) is 0.937. The van der Waals surface area contributed by atoms with E-state index in [0.717, 1.165) is 24.8 Å². The van der Waals surface area contributed by atoms with Crippen molar-refractivity contribution in [3.8, 4) is 0 Å². The Balaban J connectivity index is 2.30. The lowest BCUT2D eigenvalue weighted by molar-refractivity contribution is -0.306. The fourth-order valence-electron chi connectivity index (χ4n) is 3.58. The third-order valence-corrected chi connectivity index (χ3v) is 4.81. The summed E-state index contributed by atoms with van der Waals surface area (Å²) in [4.78, 5) is 17.7. The van der Waals surface area contributed by atoms with Crippen LogP contribution >= 0.6 is 0 Å². The highest BCUT2D eigenvalue weighted by molar-refractivity contribution is 5.85. The predicted molar refractivity (Wildman–Crippen MR) is 95.5 cm³/mol. The van der Waals surface area contributed by atoms with Crippen molar-refractivity contribution in [2.24, 2.45) is 0 Å². The van der Waals surface area contributed by atoms with Crippen molar-refractivity contribution >= 4 is 5.97 Å². The average Bonchev–Trinajstić information content (AvgIpc) is 2.49. The maximum absolute atomic E-state index is 11.2. The minimum Gasteiger partial charge on any atom is -0.478 e. The number of carbonyl (C=O) groups is 1. The normalized spacial score (nSPS) is 21.2. The molecule has 0 saturated carbocycles. The molecule has 0 aliphatic carbocycles. The van der Waals surface area contributed by atoms with Gasteiger partial charge in [-0.1, -0.05) is 36.9 Å². The smallest absolute Gasteiger partial charge is 0.331 e. The molecule has 1 fully saturated rings. The van der Waals surface area contributed by atoms with Crippen molar-refractivity contribution in [1.29, 1.82) is 0 Å². The SMILES string of the molecule is C=C(CC(ON1C(C)(C)CCCC1(C)C)c1ccccc1)C(=O)O. The van der Waals surface area contributed by atoms with Crippen LogP contribution in [0.5, 0.6) is 0 Å². The molecule has 0 aromatic heterocycles. The van der Waals surface area contributed by atoms with Crippen LogP contribution in [-0.2, 0) is 9.63 Å². The Morgan fingerprint density at radius 2 is 1.75 bits per heavy atom. The number of carboxylic acids is 1. The van der Waals surface area contributed by atoms with Crippen LogP contribution in [0, 0.1) is 0 Å². The van der Waals surface area contributed by atoms with Crippen molar-refractivity contribution in [3.63, 3.8) is 0 Å². The molecule has 0 amide bonds. The second-order valence-electron chi connectivity index (χ2n) is 7.89. The van der Waals surface area contributed by atoms with E-state index in [1.54, 1.807) is 0 Å². The summed E-state index contributed by atoms with van der Waals surface area (Å²) in [5.74, 6) is -0.975. The first-order valence-corrected chi connectivity index (χ1v) is 8.57. The lowest BCUT2D eigenvalue weighted by atomic mass is 9.82. The summed E-state index contributed by atoms with van der Waals surface area (Å²) < 4.78 is 0. The number of carboxylic acid groups (broad SMARTS) is 1. The zero-order valence-electron chi connectivity index (χ0n) is 15.2. The van der Waals surface area contributed by atoms with Gasteiger partial charge in [0.05, 0.1) is 0 Å². The number of hydroxylamine groups is 2. The molecule has 0 spiro atoms. The molecule has 24 heavy (non-hydrogen) atoms. The highest BCUT2D eigenvalue weighted by Crippen LogP contribution is 2.41. The molecule has 0 radical (unpaired) electrons. The molecular formula is C20H29NO3. The van der Waals surface area contributed by atoms with E-state index in [-0.39, 0.29) is 29.2 Å². The van der Waals surface area contributed by atoms with Crippen molar-refractivity contribution in [2.45, 2.75) is 70.6 Å². The van der Waals surface area contributed by atoms with E-state index in [1.165, 1.54) is 0 Å². The lowest BCUT2D eigenvalue weighted by Crippen LogP contribution is -2.58. The van der Waals surface area contributed by atoms with E-state index >= 15 is 0 Å². The van der Waals surface area contributed by atoms with Gasteiger partial charge in [-0.3, -0.25) is 4.84 Å². The lowest BCUT2D eigenvalue weighted by Gasteiger charge is -2.52. The van der Waals surface area contributed by atoms with E-state index in [0.29, 0.717) is 0 Å². The van der Waals surface area contributed by atoms with E-state index in [1.807, 2.05) is 30.3 Å². The van der Waals surface area contributed by atoms with Crippen molar-refractivity contribution < 1.29 is 14.7 Å². The third-order valence-electron chi connectivity index (χ3n) is 4.81. The first-order chi connectivity index (χ1) is 11.1. The van der Waals surface area contributed by atoms with Gasteiger partial charge >= 0.3 is 5.97 Å². The van der Waals surface area contributed by atoms with E-state index in [9.17, 15) is 9.90 Å². The molecular weight excluding hydrogens is 302 g/mol. The van der Waals surface area contributed by atoms with E-state index < -0.39 is 5.97 Å². The maximum Gasteiger partial charge on any atom is 0.331 e. The van der Waals surface area contributed by atoms with Gasteiger partial charge in [0, 0.05) is 23.1 Å². The van der Waals surface area contributed by atoms with Crippen LogP contribution in [0.3, 0.4) is 0 Å². The summed E-state index contributed by atoms with van der Waals surface area (Å²) >= 11 is 0. The number of hydrogen-bond donors (Lipinski definition) is 1. The number of benzene rings is 1. The van der Waals surface area contributed by atoms with Gasteiger partial charge in [-0.2, -0.15) is 5.06 Å². The molecule has 0 bridgehead atoms. The molecule has 1 aromatic rings. The minimum atomic E-state index is -0.975. The zero-order chi connectivity index (χ0) is 18.0. The molecule has 1 N–H and O–H groups in total. The fourth-order valence-corrected chi connectivity index (χ4v) is 3.58. The van der Waals surface area contributed by atoms with E-state index in [4.69, 9.17) is 4.84 Å². The van der Waals surface area contributed by atoms with Gasteiger partial charge in [0.25, 0.3) is 0 Å². The predicted octanol–water partition coefficient (Wildman–Crippen LogP) is 4.73. The molecule has 2 rings (SSSR count). The molecule has 4 nitrogen and oxygen atoms in total. The van der Waals surface area contributed by atoms with Gasteiger partial charge in [-0.15, -0.1) is 0 Å². The van der Waals surface area contributed by atoms with Crippen LogP contribution in [0.25, 0.3) is 0 Å². The average molecular weight is 331 g/mol. The van der Waals surface area contributed by atoms with Crippen LogP contribution in [-0.4, -0.2) is 27.2 Å². The third kappa shape index (κ3) is 4.25. The molecule has 1 aliphatic heterocycles. The number of rotatable bonds is 6. The summed E-state index contributed by atoms with van der Waals surface area (Å²) in [5, 5.41) is 11.3. The van der Waals surface area contributed by atoms with Crippen LogP contribution < -0.4 is 0 Å². The van der Waals surface area contributed by atoms with Crippen molar-refractivity contribution in [1.82, 2.24) is 5.06 Å². The Labute approximate surface area is 145 Å². The van der Waals surface area contributed by atoms with Gasteiger partial charge in [0.1, 0.15) is 6.10 Å². The summed E-state index contributed by atoms with van der Waals surface area (Å²) in [6, 6.07) is 9.79. The first-order valence-electron chi connectivity index (χ1n) is 8.57. The highest BCUT2D eigenvalue weighted by Gasteiger charge is 2.43. The zero-order valence-corrected chi connectivity index (χ0v) is 15.2. The largest absolute Gasteiger partial charge is 0.478 e. The molecule has 1 unspecified atom stereocenters. The maximum atomic E-state index is 11.2. The van der Waals surface area contributed by atoms with Gasteiger partial charge in [0.15, 0.2) is 0 Å². The Bertz CT molecular complexity index is 576. The monoisotopic (exact) mass is 331 g/mol. The number of aliphatic carboxylic acids is 1. The number of piperidine rings is 1. The summed E-state index contributed by atoms with van der Waals surface area (Å²) in [7, 11) is 0. The fraction of sp³-hybridized carbons (Fsp3) is 0.550. The van der Waals surface area contributed by atoms with Crippen molar-refractivity contribution in [3.05, 3.63) is 48.0 Å². The molecule has 1 aliphatic rings. The molecule has 1 atom stereocenters. The minimum absolute atomic E-state index is 0.0979. The van der Waals surface area contributed by atoms with Crippen LogP contribution in [0.15, 0.2) is 42.5 Å². The second-order valence-corrected chi connectivity index (χ2v) is 7.89. The molecule has 4 heteroatoms. The van der Waals surface area contributed by atoms with E-state index in [2.05, 4.69) is 39.3 Å². The van der Waals surface area contributed by atoms with Gasteiger partial charge in [-0.25, -0.2) is 4.79 Å². The quantitative estimate of drug-likeness (QED) is 0.765. The molecule has 1 aromatic carbocycles. The molecule has 132 valence electrons. The van der Waals surface area contributed by atoms with Crippen molar-refractivity contribution in [2.75, 3.05) is 0 Å². The Kier molecular flexibility index (Phi) is 5.51. The first kappa shape index (κ1) is 18.7. The van der Waals surface area contributed by atoms with Crippen LogP contribution in [0.1, 0.15) is 65.0 Å². The molecule has 1 heterocycles. The highest BCUT2D eigenvalue weighted by atomic mass is 16.7. The Hall–Kier alpha value is -1.65. The van der Waals surface area contributed by atoms with Gasteiger partial charge in [0.2, 0.25) is 0 Å². The standard InChI is InChI=1S/C20H29NO3/c1-15(18(22)23)14-17(16-10-7-6-8-11-16)24-21-19(2,3)12-9-13-20(21,4)5/h6-8,10-11,17H,1,9,12-14H2,2-5H3,(H,22,23). The summed E-state index contributed by atoms with van der Waals surface area (Å²) in [6.07, 6.45) is 3.18. The second kappa shape index (κ2) is 7.08. The van der Waals surface area contributed by atoms with Gasteiger partial charge in [-0.05, 0) is 52.5 Å². The van der Waals surface area contributed by atoms with Crippen LogP contribution in [0.4, 0.5) is 0 Å². The Morgan fingerprint density at radius 1 is 1.21 bits per heavy atom. The van der Waals surface area contributed by atoms with Crippen LogP contribution in [0.2, 0.25) is 0 Å². The number of hydrogen-bond acceptors (Lipinski definition) is 3. The Morgan fingerprint density at radius 3 is 2.25 bits per heavy atom. The molecule has 1 saturated heterocycles. The topological polar surface area (TPSA) is 49.8 Å².